The number of aromatic nitrogens is 3. The molecule has 0 atom stereocenters. The molecule has 1 aliphatic heterocycles. The van der Waals surface area contributed by atoms with Gasteiger partial charge in [0.1, 0.15) is 15.6 Å². The molecule has 1 aliphatic rings. The molecule has 0 saturated carbocycles. The summed E-state index contributed by atoms with van der Waals surface area (Å²) < 4.78 is 59.1. The molecule has 6 aromatic rings. The summed E-state index contributed by atoms with van der Waals surface area (Å²) in [6, 6.07) is 29.5. The molecular formula is C35H29N5OPt+2. The van der Waals surface area contributed by atoms with E-state index in [1.54, 1.807) is 35.2 Å². The topological polar surface area (TPSA) is 46.0 Å². The maximum atomic E-state index is 8.07. The van der Waals surface area contributed by atoms with E-state index in [2.05, 4.69) is 48.9 Å². The fourth-order valence-corrected chi connectivity index (χ4v) is 5.10. The van der Waals surface area contributed by atoms with Crippen LogP contribution in [0.15, 0.2) is 85.3 Å². The van der Waals surface area contributed by atoms with Gasteiger partial charge in [0.2, 0.25) is 0 Å². The van der Waals surface area contributed by atoms with Crippen molar-refractivity contribution in [1.29, 1.82) is 0 Å². The van der Waals surface area contributed by atoms with Gasteiger partial charge in [-0.3, -0.25) is 4.98 Å². The first-order chi connectivity index (χ1) is 22.2. The molecule has 0 N–H and O–H groups in total. The summed E-state index contributed by atoms with van der Waals surface area (Å²) in [7, 11) is 0. The van der Waals surface area contributed by atoms with Crippen molar-refractivity contribution in [3.05, 3.63) is 109 Å². The Kier molecular flexibility index (Phi) is 5.32. The Morgan fingerprint density at radius 3 is 2.60 bits per heavy atom. The minimum Gasteiger partial charge on any atom is -0.509 e. The van der Waals surface area contributed by atoms with Crippen LogP contribution in [0.3, 0.4) is 0 Å². The van der Waals surface area contributed by atoms with Gasteiger partial charge in [-0.25, -0.2) is 4.98 Å². The molecule has 0 amide bonds. The molecule has 0 saturated heterocycles. The van der Waals surface area contributed by atoms with Crippen molar-refractivity contribution in [2.24, 2.45) is 0 Å². The van der Waals surface area contributed by atoms with E-state index in [9.17, 15) is 0 Å². The molecule has 7 rings (SSSR count). The quantitative estimate of drug-likeness (QED) is 0.137. The first kappa shape index (κ1) is 21.3. The Labute approximate surface area is 268 Å². The number of fused-ring (bicyclic) bond motifs is 4. The molecule has 0 unspecified atom stereocenters. The molecule has 3 aromatic heterocycles. The zero-order valence-corrected chi connectivity index (χ0v) is 25.3. The van der Waals surface area contributed by atoms with Crippen LogP contribution in [0, 0.1) is 19.0 Å². The van der Waals surface area contributed by atoms with Crippen LogP contribution in [-0.2, 0) is 26.5 Å². The van der Waals surface area contributed by atoms with Crippen molar-refractivity contribution < 1.29 is 38.6 Å². The molecule has 0 bridgehead atoms. The third-order valence-corrected chi connectivity index (χ3v) is 7.15. The molecule has 4 heterocycles. The number of ether oxygens (including phenoxy) is 1. The first-order valence-corrected chi connectivity index (χ1v) is 13.2. The molecule has 0 radical (unpaired) electrons. The van der Waals surface area contributed by atoms with E-state index in [-0.39, 0.29) is 32.0 Å². The Morgan fingerprint density at radius 1 is 0.929 bits per heavy atom. The van der Waals surface area contributed by atoms with Gasteiger partial charge in [0.25, 0.3) is 11.4 Å². The Bertz CT molecular complexity index is 2300. The second-order valence-electron chi connectivity index (χ2n) is 10.9. The molecule has 0 aliphatic carbocycles. The van der Waals surface area contributed by atoms with Crippen molar-refractivity contribution in [3.8, 4) is 17.3 Å². The number of rotatable bonds is 4. The van der Waals surface area contributed by atoms with Gasteiger partial charge in [-0.15, -0.1) is 29.1 Å². The minimum absolute atomic E-state index is 0. The fraction of sp³-hybridized carbons (Fsp3) is 0.171. The van der Waals surface area contributed by atoms with Gasteiger partial charge in [0.05, 0.1) is 11.7 Å². The first-order valence-electron chi connectivity index (χ1n) is 16.2. The molecule has 42 heavy (non-hydrogen) atoms. The van der Waals surface area contributed by atoms with Gasteiger partial charge >= 0.3 is 27.1 Å². The van der Waals surface area contributed by atoms with E-state index < -0.39 is 13.8 Å². The number of aryl methyl sites for hydroxylation is 1. The normalized spacial score (nSPS) is 15.3. The smallest absolute Gasteiger partial charge is 0.509 e. The standard InChI is InChI=1S/C35H29N5O.Pt/c1-23-12-15-37-34(16-23)40-32-20-26(10-11-28(32)29-13-14-36-21-33(29)40)41-27-18-24(35(2,3)4)17-25(19-27)39-22-38(5)30-8-6-7-9-31(30)39;/h6-18,21H,1-5H3;/q;+2/i1D3,5D3;. The second kappa shape index (κ2) is 10.5. The van der Waals surface area contributed by atoms with E-state index in [4.69, 9.17) is 13.0 Å². The SMILES string of the molecule is [2H]C([2H])([2H])c1ccnc(-n2c3[c-]c(Oc4[c-]c([N+]5=C=[N+](C([2H])([2H])[2H])c6ccccc65)cc(C(C)(C)C)c4)ccc3c3ccncc32)c1.[Pt+2]. The summed E-state index contributed by atoms with van der Waals surface area (Å²) >= 11 is 0. The van der Waals surface area contributed by atoms with Gasteiger partial charge in [-0.05, 0) is 41.4 Å². The molecular weight excluding hydrogens is 701 g/mol. The summed E-state index contributed by atoms with van der Waals surface area (Å²) in [5.74, 6) is 1.22. The van der Waals surface area contributed by atoms with Crippen LogP contribution in [0.25, 0.3) is 27.6 Å². The van der Waals surface area contributed by atoms with E-state index in [1.807, 2.05) is 47.0 Å². The maximum Gasteiger partial charge on any atom is 2.00 e. The van der Waals surface area contributed by atoms with E-state index in [1.165, 1.54) is 12.3 Å². The van der Waals surface area contributed by atoms with Crippen LogP contribution >= 0.6 is 0 Å². The zero-order valence-electron chi connectivity index (χ0n) is 29.0. The number of hydrogen-bond donors (Lipinski definition) is 0. The average molecular weight is 737 g/mol. The molecule has 0 fully saturated rings. The third kappa shape index (κ3) is 4.77. The Balaban J connectivity index is 0.00000401. The van der Waals surface area contributed by atoms with E-state index in [0.29, 0.717) is 39.9 Å². The third-order valence-electron chi connectivity index (χ3n) is 7.15. The number of hydrogen-bond acceptors (Lipinski definition) is 3. The predicted molar refractivity (Wildman–Crippen MR) is 163 cm³/mol. The van der Waals surface area contributed by atoms with E-state index in [0.717, 1.165) is 26.4 Å². The Hall–Kier alpha value is -4.37. The monoisotopic (exact) mass is 736 g/mol. The van der Waals surface area contributed by atoms with Crippen LogP contribution in [0.2, 0.25) is 0 Å². The summed E-state index contributed by atoms with van der Waals surface area (Å²) in [6.45, 7) is 1.52. The number of para-hydroxylation sites is 2. The van der Waals surface area contributed by atoms with Gasteiger partial charge in [-0.2, -0.15) is 6.07 Å². The van der Waals surface area contributed by atoms with Crippen molar-refractivity contribution in [2.45, 2.75) is 33.0 Å². The maximum absolute atomic E-state index is 8.07. The molecule has 7 heteroatoms. The summed E-state index contributed by atoms with van der Waals surface area (Å²) in [5, 5.41) is 1.77. The molecule has 3 aromatic carbocycles. The summed E-state index contributed by atoms with van der Waals surface area (Å²) in [5.41, 5.74) is 3.96. The van der Waals surface area contributed by atoms with Gasteiger partial charge in [0, 0.05) is 40.1 Å². The molecule has 208 valence electrons. The van der Waals surface area contributed by atoms with Gasteiger partial charge < -0.3 is 9.30 Å². The van der Waals surface area contributed by atoms with E-state index >= 15 is 0 Å². The van der Waals surface area contributed by atoms with Crippen molar-refractivity contribution >= 4 is 44.9 Å². The van der Waals surface area contributed by atoms with Gasteiger partial charge in [-0.1, -0.05) is 59.7 Å². The zero-order chi connectivity index (χ0) is 33.3. The van der Waals surface area contributed by atoms with Crippen LogP contribution in [0.5, 0.6) is 11.5 Å². The average Bonchev–Trinajstić information content (AvgIpc) is 3.57. The van der Waals surface area contributed by atoms with Crippen molar-refractivity contribution in [2.75, 3.05) is 6.98 Å². The van der Waals surface area contributed by atoms with Crippen LogP contribution < -0.4 is 9.31 Å². The summed E-state index contributed by atoms with van der Waals surface area (Å²) in [4.78, 5) is 8.82. The minimum atomic E-state index is -2.43. The van der Waals surface area contributed by atoms with Crippen molar-refractivity contribution in [1.82, 2.24) is 19.1 Å². The Morgan fingerprint density at radius 2 is 1.79 bits per heavy atom. The second-order valence-corrected chi connectivity index (χ2v) is 10.9. The fourth-order valence-electron chi connectivity index (χ4n) is 5.10. The summed E-state index contributed by atoms with van der Waals surface area (Å²) in [6.07, 6.45) is 4.90. The molecule has 6 nitrogen and oxygen atoms in total. The largest absolute Gasteiger partial charge is 2.00 e. The van der Waals surface area contributed by atoms with Crippen LogP contribution in [-0.4, -0.2) is 32.1 Å². The number of pyridine rings is 2. The van der Waals surface area contributed by atoms with Crippen LogP contribution in [0.4, 0.5) is 17.1 Å². The van der Waals surface area contributed by atoms with Crippen molar-refractivity contribution in [3.63, 3.8) is 0 Å². The molecule has 0 spiro atoms. The van der Waals surface area contributed by atoms with Gasteiger partial charge in [0.15, 0.2) is 6.98 Å². The number of benzene rings is 3. The predicted octanol–water partition coefficient (Wildman–Crippen LogP) is 7.87. The number of nitrogens with zero attached hydrogens (tertiary/aromatic N) is 5. The van der Waals surface area contributed by atoms with Crippen LogP contribution in [0.1, 0.15) is 40.1 Å².